The summed E-state index contributed by atoms with van der Waals surface area (Å²) in [7, 11) is 0. The molecule has 0 atom stereocenters. The molecule has 0 fully saturated rings. The van der Waals surface area contributed by atoms with Crippen molar-refractivity contribution in [1.82, 2.24) is 15.6 Å². The average Bonchev–Trinajstić information content (AvgIpc) is 2.52. The van der Waals surface area contributed by atoms with E-state index in [2.05, 4.69) is 15.6 Å². The summed E-state index contributed by atoms with van der Waals surface area (Å²) < 4.78 is 0.375. The summed E-state index contributed by atoms with van der Waals surface area (Å²) in [6.07, 6.45) is 1.66. The third kappa shape index (κ3) is 4.16. The Morgan fingerprint density at radius 2 is 1.59 bits per heavy atom. The van der Waals surface area contributed by atoms with Crippen molar-refractivity contribution in [3.8, 4) is 0 Å². The highest BCUT2D eigenvalue weighted by molar-refractivity contribution is 7.71. The first-order chi connectivity index (χ1) is 10.6. The van der Waals surface area contributed by atoms with Gasteiger partial charge in [-0.3, -0.25) is 9.59 Å². The quantitative estimate of drug-likeness (QED) is 0.580. The first-order valence-electron chi connectivity index (χ1n) is 6.58. The molecule has 0 aliphatic carbocycles. The summed E-state index contributed by atoms with van der Waals surface area (Å²) in [6.45, 7) is 0.581. The predicted molar refractivity (Wildman–Crippen MR) is 87.7 cm³/mol. The van der Waals surface area contributed by atoms with Gasteiger partial charge in [0.15, 0.2) is 0 Å². The molecule has 2 amide bonds. The molecular weight excluding hydrogens is 322 g/mol. The van der Waals surface area contributed by atoms with E-state index in [4.69, 9.17) is 23.8 Å². The lowest BCUT2D eigenvalue weighted by atomic mass is 10.2. The second-order valence-corrected chi connectivity index (χ2v) is 5.22. The Bertz CT molecular complexity index is 745. The molecule has 0 aliphatic rings. The number of carbonyl (C=O) groups excluding carboxylic acids is 2. The van der Waals surface area contributed by atoms with Crippen molar-refractivity contribution in [2.75, 3.05) is 13.1 Å². The van der Waals surface area contributed by atoms with Crippen LogP contribution in [0.5, 0.6) is 0 Å². The summed E-state index contributed by atoms with van der Waals surface area (Å²) in [5.74, 6) is -0.564. The van der Waals surface area contributed by atoms with Gasteiger partial charge in [-0.25, -0.2) is 0 Å². The smallest absolute Gasteiger partial charge is 0.254 e. The molecule has 0 bridgehead atoms. The average molecular weight is 336 g/mol. The Labute approximate surface area is 137 Å². The molecule has 2 aromatic rings. The summed E-state index contributed by atoms with van der Waals surface area (Å²) in [5.41, 5.74) is 0.802. The zero-order valence-electron chi connectivity index (χ0n) is 11.6. The fourth-order valence-corrected chi connectivity index (χ4v) is 2.24. The highest BCUT2D eigenvalue weighted by Crippen LogP contribution is 2.14. The minimum absolute atomic E-state index is 0.281. The summed E-state index contributed by atoms with van der Waals surface area (Å²) in [6, 6.07) is 10.1. The van der Waals surface area contributed by atoms with Crippen LogP contribution in [0.25, 0.3) is 0 Å². The predicted octanol–water partition coefficient (Wildman–Crippen LogP) is 2.56. The molecule has 22 heavy (non-hydrogen) atoms. The van der Waals surface area contributed by atoms with Gasteiger partial charge in [0, 0.05) is 19.3 Å². The van der Waals surface area contributed by atoms with Crippen LogP contribution in [0.3, 0.4) is 0 Å². The molecule has 5 nitrogen and oxygen atoms in total. The fraction of sp³-hybridized carbons (Fsp3) is 0.133. The van der Waals surface area contributed by atoms with Gasteiger partial charge < -0.3 is 15.6 Å². The topological polar surface area (TPSA) is 74.0 Å². The number of aromatic amines is 1. The van der Waals surface area contributed by atoms with Gasteiger partial charge in [-0.15, -0.1) is 0 Å². The van der Waals surface area contributed by atoms with Crippen LogP contribution in [0.4, 0.5) is 0 Å². The number of amides is 2. The SMILES string of the molecule is O=C(NCCNC(=O)c1ccc[nH]c1=S)c1ccccc1Cl. The van der Waals surface area contributed by atoms with Crippen molar-refractivity contribution >= 4 is 35.6 Å². The molecule has 1 heterocycles. The van der Waals surface area contributed by atoms with E-state index in [9.17, 15) is 9.59 Å². The van der Waals surface area contributed by atoms with Crippen molar-refractivity contribution in [2.24, 2.45) is 0 Å². The van der Waals surface area contributed by atoms with Crippen LogP contribution in [0.15, 0.2) is 42.6 Å². The monoisotopic (exact) mass is 335 g/mol. The molecule has 0 radical (unpaired) electrons. The van der Waals surface area contributed by atoms with Gasteiger partial charge in [0.1, 0.15) is 4.64 Å². The van der Waals surface area contributed by atoms with Gasteiger partial charge in [0.2, 0.25) is 0 Å². The molecular formula is C15H14ClN3O2S. The molecule has 0 spiro atoms. The normalized spacial score (nSPS) is 10.0. The van der Waals surface area contributed by atoms with Crippen molar-refractivity contribution in [1.29, 1.82) is 0 Å². The Kier molecular flexibility index (Phi) is 5.68. The lowest BCUT2D eigenvalue weighted by Crippen LogP contribution is -2.34. The fourth-order valence-electron chi connectivity index (χ4n) is 1.79. The summed E-state index contributed by atoms with van der Waals surface area (Å²) in [4.78, 5) is 26.6. The second kappa shape index (κ2) is 7.72. The molecule has 2 rings (SSSR count). The largest absolute Gasteiger partial charge is 0.352 e. The minimum Gasteiger partial charge on any atom is -0.352 e. The van der Waals surface area contributed by atoms with E-state index in [0.29, 0.717) is 33.9 Å². The van der Waals surface area contributed by atoms with Crippen LogP contribution in [-0.4, -0.2) is 29.9 Å². The highest BCUT2D eigenvalue weighted by atomic mass is 35.5. The first-order valence-corrected chi connectivity index (χ1v) is 7.37. The number of nitrogens with one attached hydrogen (secondary N) is 3. The van der Waals surface area contributed by atoms with Gasteiger partial charge in [0.05, 0.1) is 16.1 Å². The Morgan fingerprint density at radius 1 is 1.00 bits per heavy atom. The third-order valence-electron chi connectivity index (χ3n) is 2.88. The van der Waals surface area contributed by atoms with E-state index in [1.54, 1.807) is 42.6 Å². The minimum atomic E-state index is -0.283. The van der Waals surface area contributed by atoms with Gasteiger partial charge in [-0.05, 0) is 24.3 Å². The Hall–Kier alpha value is -2.18. The van der Waals surface area contributed by atoms with E-state index in [1.165, 1.54) is 0 Å². The van der Waals surface area contributed by atoms with E-state index in [0.717, 1.165) is 0 Å². The molecule has 3 N–H and O–H groups in total. The third-order valence-corrected chi connectivity index (χ3v) is 3.54. The number of benzene rings is 1. The van der Waals surface area contributed by atoms with Crippen LogP contribution < -0.4 is 10.6 Å². The number of rotatable bonds is 5. The van der Waals surface area contributed by atoms with E-state index < -0.39 is 0 Å². The van der Waals surface area contributed by atoms with Crippen LogP contribution in [-0.2, 0) is 0 Å². The number of halogens is 1. The molecule has 1 aromatic heterocycles. The van der Waals surface area contributed by atoms with Crippen molar-refractivity contribution < 1.29 is 9.59 Å². The number of hydrogen-bond acceptors (Lipinski definition) is 3. The van der Waals surface area contributed by atoms with Crippen LogP contribution in [0.2, 0.25) is 5.02 Å². The van der Waals surface area contributed by atoms with Gasteiger partial charge in [-0.2, -0.15) is 0 Å². The van der Waals surface area contributed by atoms with E-state index in [-0.39, 0.29) is 11.8 Å². The maximum atomic E-state index is 11.9. The lowest BCUT2D eigenvalue weighted by molar-refractivity contribution is 0.0927. The van der Waals surface area contributed by atoms with Gasteiger partial charge >= 0.3 is 0 Å². The molecule has 0 aliphatic heterocycles. The number of carbonyl (C=O) groups is 2. The van der Waals surface area contributed by atoms with Crippen molar-refractivity contribution in [3.05, 3.63) is 63.4 Å². The molecule has 0 unspecified atom stereocenters. The standard InChI is InChI=1S/C15H14ClN3O2S/c16-12-6-2-1-4-10(12)13(20)17-8-9-18-14(21)11-5-3-7-19-15(11)22/h1-7H,8-9H2,(H,17,20)(H,18,21)(H,19,22). The zero-order chi connectivity index (χ0) is 15.9. The zero-order valence-corrected chi connectivity index (χ0v) is 13.1. The van der Waals surface area contributed by atoms with Gasteiger partial charge in [0.25, 0.3) is 11.8 Å². The molecule has 114 valence electrons. The Balaban J connectivity index is 1.82. The molecule has 0 saturated heterocycles. The lowest BCUT2D eigenvalue weighted by Gasteiger charge is -2.08. The first kappa shape index (κ1) is 16.2. The highest BCUT2D eigenvalue weighted by Gasteiger charge is 2.09. The maximum Gasteiger partial charge on any atom is 0.254 e. The number of aromatic nitrogens is 1. The van der Waals surface area contributed by atoms with Crippen molar-refractivity contribution in [3.63, 3.8) is 0 Å². The second-order valence-electron chi connectivity index (χ2n) is 4.40. The Morgan fingerprint density at radius 3 is 2.23 bits per heavy atom. The van der Waals surface area contributed by atoms with E-state index >= 15 is 0 Å². The molecule has 1 aromatic carbocycles. The van der Waals surface area contributed by atoms with Gasteiger partial charge in [-0.1, -0.05) is 36.0 Å². The van der Waals surface area contributed by atoms with Crippen molar-refractivity contribution in [2.45, 2.75) is 0 Å². The van der Waals surface area contributed by atoms with Crippen LogP contribution in [0.1, 0.15) is 20.7 Å². The summed E-state index contributed by atoms with van der Waals surface area (Å²) >= 11 is 11.0. The summed E-state index contributed by atoms with van der Waals surface area (Å²) in [5, 5.41) is 5.77. The number of H-pyrrole nitrogens is 1. The van der Waals surface area contributed by atoms with Crippen LogP contribution >= 0.6 is 23.8 Å². The number of pyridine rings is 1. The van der Waals surface area contributed by atoms with Crippen LogP contribution in [0, 0.1) is 4.64 Å². The molecule has 0 saturated carbocycles. The maximum absolute atomic E-state index is 11.9. The van der Waals surface area contributed by atoms with E-state index in [1.807, 2.05) is 0 Å². The number of hydrogen-bond donors (Lipinski definition) is 3. The molecule has 7 heteroatoms.